The van der Waals surface area contributed by atoms with Gasteiger partial charge >= 0.3 is 0 Å². The normalized spacial score (nSPS) is 9.70. The molecule has 3 nitrogen and oxygen atoms in total. The summed E-state index contributed by atoms with van der Waals surface area (Å²) in [5.41, 5.74) is 6.32. The van der Waals surface area contributed by atoms with Gasteiger partial charge in [0.2, 0.25) is 5.56 Å². The summed E-state index contributed by atoms with van der Waals surface area (Å²) in [7, 11) is 0. The molecular weight excluding hydrogens is 128 g/mol. The highest BCUT2D eigenvalue weighted by Gasteiger charge is 1.94. The summed E-state index contributed by atoms with van der Waals surface area (Å²) >= 11 is 0. The predicted molar refractivity (Wildman–Crippen MR) is 40.9 cm³/mol. The van der Waals surface area contributed by atoms with Crippen molar-refractivity contribution in [3.8, 4) is 0 Å². The van der Waals surface area contributed by atoms with Crippen LogP contribution in [0.25, 0.3) is 0 Å². The number of nitrogens with two attached hydrogens (primary N) is 1. The molecule has 54 valence electrons. The maximum absolute atomic E-state index is 10.6. The van der Waals surface area contributed by atoms with E-state index in [4.69, 9.17) is 5.73 Å². The van der Waals surface area contributed by atoms with Crippen molar-refractivity contribution in [3.05, 3.63) is 28.0 Å². The van der Waals surface area contributed by atoms with Crippen LogP contribution in [0.2, 0.25) is 0 Å². The van der Waals surface area contributed by atoms with E-state index in [0.717, 1.165) is 12.0 Å². The summed E-state index contributed by atoms with van der Waals surface area (Å²) in [6.07, 6.45) is 0.850. The fraction of sp³-hybridized carbons (Fsp3) is 0.286. The smallest absolute Gasteiger partial charge is 0.249 e. The lowest BCUT2D eigenvalue weighted by Gasteiger charge is -1.98. The highest BCUT2D eigenvalue weighted by atomic mass is 16.1. The Morgan fingerprint density at radius 1 is 1.60 bits per heavy atom. The fourth-order valence-corrected chi connectivity index (χ4v) is 0.829. The molecule has 0 bridgehead atoms. The van der Waals surface area contributed by atoms with Gasteiger partial charge in [-0.25, -0.2) is 0 Å². The number of hydrogen-bond donors (Lipinski definition) is 2. The van der Waals surface area contributed by atoms with Gasteiger partial charge in [-0.3, -0.25) is 4.79 Å². The molecular formula is C7H10N2O. The van der Waals surface area contributed by atoms with Crippen LogP contribution in [0.15, 0.2) is 16.9 Å². The third kappa shape index (κ3) is 1.18. The third-order valence-corrected chi connectivity index (χ3v) is 1.42. The lowest BCUT2D eigenvalue weighted by Crippen LogP contribution is -2.08. The Hall–Kier alpha value is -1.25. The molecule has 0 unspecified atom stereocenters. The van der Waals surface area contributed by atoms with Crippen molar-refractivity contribution in [2.45, 2.75) is 13.3 Å². The van der Waals surface area contributed by atoms with Crippen LogP contribution in [0.1, 0.15) is 12.5 Å². The zero-order valence-corrected chi connectivity index (χ0v) is 5.85. The molecule has 0 amide bonds. The van der Waals surface area contributed by atoms with Crippen molar-refractivity contribution in [2.24, 2.45) is 0 Å². The Labute approximate surface area is 58.9 Å². The first-order chi connectivity index (χ1) is 4.74. The quantitative estimate of drug-likeness (QED) is 0.594. The van der Waals surface area contributed by atoms with Gasteiger partial charge in [-0.1, -0.05) is 6.92 Å². The molecule has 0 fully saturated rings. The van der Waals surface area contributed by atoms with E-state index >= 15 is 0 Å². The molecule has 0 aliphatic carbocycles. The largest absolute Gasteiger partial charge is 0.385 e. The highest BCUT2D eigenvalue weighted by molar-refractivity contribution is 5.37. The molecule has 3 N–H and O–H groups in total. The average molecular weight is 138 g/mol. The minimum atomic E-state index is -0.144. The molecule has 0 saturated carbocycles. The molecule has 1 aromatic rings. The van der Waals surface area contributed by atoms with Crippen molar-refractivity contribution in [3.63, 3.8) is 0 Å². The first-order valence-corrected chi connectivity index (χ1v) is 3.21. The molecule has 0 aliphatic rings. The van der Waals surface area contributed by atoms with Crippen molar-refractivity contribution in [1.82, 2.24) is 4.98 Å². The average Bonchev–Trinajstić information content (AvgIpc) is 1.88. The zero-order valence-electron chi connectivity index (χ0n) is 5.85. The van der Waals surface area contributed by atoms with E-state index in [-0.39, 0.29) is 5.56 Å². The van der Waals surface area contributed by atoms with Gasteiger partial charge in [-0.05, 0) is 18.1 Å². The van der Waals surface area contributed by atoms with E-state index < -0.39 is 0 Å². The number of aryl methyl sites for hydroxylation is 1. The van der Waals surface area contributed by atoms with Crippen molar-refractivity contribution in [1.29, 1.82) is 0 Å². The Bertz CT molecular complexity index is 277. The lowest BCUT2D eigenvalue weighted by molar-refractivity contribution is 1.10. The lowest BCUT2D eigenvalue weighted by atomic mass is 10.2. The minimum absolute atomic E-state index is 0.144. The van der Waals surface area contributed by atoms with Crippen LogP contribution in [0, 0.1) is 0 Å². The summed E-state index contributed by atoms with van der Waals surface area (Å²) in [5.74, 6) is 0.481. The zero-order chi connectivity index (χ0) is 7.56. The molecule has 0 aliphatic heterocycles. The van der Waals surface area contributed by atoms with Gasteiger partial charge in [-0.15, -0.1) is 0 Å². The second kappa shape index (κ2) is 2.56. The van der Waals surface area contributed by atoms with Crippen LogP contribution in [-0.2, 0) is 6.42 Å². The van der Waals surface area contributed by atoms with Crippen LogP contribution < -0.4 is 11.3 Å². The van der Waals surface area contributed by atoms with E-state index in [1.165, 1.54) is 6.07 Å². The highest BCUT2D eigenvalue weighted by Crippen LogP contribution is 2.03. The van der Waals surface area contributed by atoms with E-state index in [9.17, 15) is 4.79 Å². The molecule has 0 aromatic carbocycles. The number of hydrogen-bond acceptors (Lipinski definition) is 2. The van der Waals surface area contributed by atoms with Gasteiger partial charge in [-0.2, -0.15) is 0 Å². The standard InChI is InChI=1S/C7H10N2O/c1-2-5-3-4-6(10)9-7(5)8/h3-4H,2H2,1H3,(H3,8,9,10). The molecule has 0 atom stereocenters. The molecule has 10 heavy (non-hydrogen) atoms. The van der Waals surface area contributed by atoms with Gasteiger partial charge in [0.15, 0.2) is 0 Å². The second-order valence-corrected chi connectivity index (χ2v) is 2.12. The van der Waals surface area contributed by atoms with Crippen molar-refractivity contribution in [2.75, 3.05) is 5.73 Å². The maximum Gasteiger partial charge on any atom is 0.249 e. The number of nitrogens with one attached hydrogen (secondary N) is 1. The molecule has 0 radical (unpaired) electrons. The Morgan fingerprint density at radius 3 is 2.80 bits per heavy atom. The maximum atomic E-state index is 10.6. The second-order valence-electron chi connectivity index (χ2n) is 2.12. The summed E-state index contributed by atoms with van der Waals surface area (Å²) in [6, 6.07) is 3.23. The van der Waals surface area contributed by atoms with Crippen molar-refractivity contribution >= 4 is 5.82 Å². The van der Waals surface area contributed by atoms with E-state index in [0.29, 0.717) is 5.82 Å². The SMILES string of the molecule is CCc1ccc(=O)[nH]c1N. The van der Waals surface area contributed by atoms with Gasteiger partial charge in [0.1, 0.15) is 5.82 Å². The number of aromatic amines is 1. The van der Waals surface area contributed by atoms with Gasteiger partial charge in [0.25, 0.3) is 0 Å². The molecule has 1 rings (SSSR count). The number of rotatable bonds is 1. The molecule has 0 saturated heterocycles. The monoisotopic (exact) mass is 138 g/mol. The minimum Gasteiger partial charge on any atom is -0.385 e. The van der Waals surface area contributed by atoms with E-state index in [1.54, 1.807) is 6.07 Å². The van der Waals surface area contributed by atoms with Gasteiger partial charge in [0, 0.05) is 6.07 Å². The Morgan fingerprint density at radius 2 is 2.30 bits per heavy atom. The van der Waals surface area contributed by atoms with Crippen LogP contribution >= 0.6 is 0 Å². The van der Waals surface area contributed by atoms with Crippen LogP contribution in [0.4, 0.5) is 5.82 Å². The van der Waals surface area contributed by atoms with Crippen LogP contribution in [0.3, 0.4) is 0 Å². The summed E-state index contributed by atoms with van der Waals surface area (Å²) in [5, 5.41) is 0. The summed E-state index contributed by atoms with van der Waals surface area (Å²) in [4.78, 5) is 13.1. The molecule has 3 heteroatoms. The predicted octanol–water partition coefficient (Wildman–Crippen LogP) is 0.520. The number of pyridine rings is 1. The Kier molecular flexibility index (Phi) is 1.76. The van der Waals surface area contributed by atoms with E-state index in [2.05, 4.69) is 4.98 Å². The van der Waals surface area contributed by atoms with Gasteiger partial charge < -0.3 is 10.7 Å². The van der Waals surface area contributed by atoms with E-state index in [1.807, 2.05) is 6.92 Å². The Balaban J connectivity index is 3.19. The van der Waals surface area contributed by atoms with Crippen LogP contribution in [-0.4, -0.2) is 4.98 Å². The third-order valence-electron chi connectivity index (χ3n) is 1.42. The number of anilines is 1. The summed E-state index contributed by atoms with van der Waals surface area (Å²) < 4.78 is 0. The first kappa shape index (κ1) is 6.86. The number of H-pyrrole nitrogens is 1. The first-order valence-electron chi connectivity index (χ1n) is 3.21. The van der Waals surface area contributed by atoms with Crippen LogP contribution in [0.5, 0.6) is 0 Å². The van der Waals surface area contributed by atoms with Crippen molar-refractivity contribution < 1.29 is 0 Å². The molecule has 1 heterocycles. The summed E-state index contributed by atoms with van der Waals surface area (Å²) in [6.45, 7) is 1.99. The number of nitrogen functional groups attached to an aromatic ring is 1. The number of aromatic nitrogens is 1. The molecule has 0 spiro atoms. The molecule has 1 aromatic heterocycles. The van der Waals surface area contributed by atoms with Gasteiger partial charge in [0.05, 0.1) is 0 Å². The topological polar surface area (TPSA) is 58.9 Å². The fourth-order valence-electron chi connectivity index (χ4n) is 0.829.